The minimum absolute atomic E-state index is 0.0405. The van der Waals surface area contributed by atoms with E-state index < -0.39 is 48.0 Å². The standard InChI is InChI=1S/C15H25N3O7/c1-7(2)6-9(18-13(20)10-11(25-10)15(23)24)12(19)17-8(14(21)22)4-3-5-16/h7-11H,3-6,16H2,1-2H3,(H,17,19)(H,18,20)(H,21,22)(H,23,24)/t8-,9-,10-,11-/m0/s1. The van der Waals surface area contributed by atoms with Gasteiger partial charge in [-0.1, -0.05) is 13.8 Å². The fraction of sp³-hybridized carbons (Fsp3) is 0.733. The average molecular weight is 359 g/mol. The van der Waals surface area contributed by atoms with Gasteiger partial charge in [0.2, 0.25) is 5.91 Å². The van der Waals surface area contributed by atoms with Gasteiger partial charge in [-0.15, -0.1) is 0 Å². The lowest BCUT2D eigenvalue weighted by molar-refractivity contribution is -0.142. The number of aliphatic carboxylic acids is 2. The summed E-state index contributed by atoms with van der Waals surface area (Å²) in [5, 5.41) is 22.8. The number of nitrogens with two attached hydrogens (primary N) is 1. The topological polar surface area (TPSA) is 171 Å². The van der Waals surface area contributed by atoms with Gasteiger partial charge in [0.25, 0.3) is 5.91 Å². The Balaban J connectivity index is 2.69. The number of hydrogen-bond donors (Lipinski definition) is 5. The number of carboxylic acids is 2. The van der Waals surface area contributed by atoms with E-state index in [9.17, 15) is 19.2 Å². The van der Waals surface area contributed by atoms with Crippen molar-refractivity contribution in [2.24, 2.45) is 11.7 Å². The Morgan fingerprint density at radius 2 is 1.72 bits per heavy atom. The van der Waals surface area contributed by atoms with Crippen LogP contribution in [0.3, 0.4) is 0 Å². The van der Waals surface area contributed by atoms with Crippen LogP contribution in [0.5, 0.6) is 0 Å². The van der Waals surface area contributed by atoms with Crippen molar-refractivity contribution in [1.29, 1.82) is 0 Å². The second kappa shape index (κ2) is 9.33. The molecule has 0 saturated carbocycles. The van der Waals surface area contributed by atoms with Crippen LogP contribution < -0.4 is 16.4 Å². The van der Waals surface area contributed by atoms with Crippen LogP contribution in [0, 0.1) is 5.92 Å². The van der Waals surface area contributed by atoms with Gasteiger partial charge in [-0.3, -0.25) is 9.59 Å². The number of hydrogen-bond acceptors (Lipinski definition) is 6. The normalized spacial score (nSPS) is 21.3. The highest BCUT2D eigenvalue weighted by Crippen LogP contribution is 2.22. The lowest BCUT2D eigenvalue weighted by Gasteiger charge is -2.22. The Hall–Kier alpha value is -2.20. The summed E-state index contributed by atoms with van der Waals surface area (Å²) >= 11 is 0. The SMILES string of the molecule is CC(C)C[C@H](NC(=O)[C@H]1O[C@@H]1C(=O)O)C(=O)N[C@@H](CCCN)C(=O)O. The highest BCUT2D eigenvalue weighted by atomic mass is 16.6. The lowest BCUT2D eigenvalue weighted by atomic mass is 10.0. The molecule has 0 bridgehead atoms. The van der Waals surface area contributed by atoms with Crippen molar-refractivity contribution in [3.05, 3.63) is 0 Å². The molecular formula is C15H25N3O7. The quantitative estimate of drug-likeness (QED) is 0.283. The van der Waals surface area contributed by atoms with E-state index in [1.807, 2.05) is 13.8 Å². The fourth-order valence-corrected chi connectivity index (χ4v) is 2.31. The van der Waals surface area contributed by atoms with Gasteiger partial charge in [-0.05, 0) is 31.7 Å². The van der Waals surface area contributed by atoms with Gasteiger partial charge in [0.1, 0.15) is 12.1 Å². The zero-order chi connectivity index (χ0) is 19.1. The first-order valence-corrected chi connectivity index (χ1v) is 8.09. The van der Waals surface area contributed by atoms with Crippen molar-refractivity contribution in [2.75, 3.05) is 6.54 Å². The number of carboxylic acid groups (broad SMARTS) is 2. The minimum Gasteiger partial charge on any atom is -0.480 e. The van der Waals surface area contributed by atoms with Gasteiger partial charge in [0, 0.05) is 0 Å². The van der Waals surface area contributed by atoms with Gasteiger partial charge in [-0.25, -0.2) is 9.59 Å². The molecule has 1 aliphatic rings. The van der Waals surface area contributed by atoms with Gasteiger partial charge >= 0.3 is 11.9 Å². The number of carbonyl (C=O) groups excluding carboxylic acids is 2. The Morgan fingerprint density at radius 3 is 2.16 bits per heavy atom. The van der Waals surface area contributed by atoms with Crippen molar-refractivity contribution in [1.82, 2.24) is 10.6 Å². The summed E-state index contributed by atoms with van der Waals surface area (Å²) in [5.74, 6) is -3.74. The molecule has 10 heteroatoms. The maximum absolute atomic E-state index is 12.4. The molecule has 10 nitrogen and oxygen atoms in total. The van der Waals surface area contributed by atoms with Crippen LogP contribution in [0.1, 0.15) is 33.1 Å². The van der Waals surface area contributed by atoms with Gasteiger partial charge in [0.15, 0.2) is 12.2 Å². The molecule has 0 aliphatic carbocycles. The molecule has 4 atom stereocenters. The summed E-state index contributed by atoms with van der Waals surface area (Å²) in [7, 11) is 0. The van der Waals surface area contributed by atoms with Gasteiger partial charge in [0.05, 0.1) is 0 Å². The number of carbonyl (C=O) groups is 4. The van der Waals surface area contributed by atoms with Gasteiger partial charge < -0.3 is 31.3 Å². The lowest BCUT2D eigenvalue weighted by Crippen LogP contribution is -2.53. The van der Waals surface area contributed by atoms with Crippen LogP contribution in [0.4, 0.5) is 0 Å². The summed E-state index contributed by atoms with van der Waals surface area (Å²) in [6.07, 6.45) is -1.47. The number of rotatable bonds is 11. The third-order valence-corrected chi connectivity index (χ3v) is 3.64. The number of nitrogens with one attached hydrogen (secondary N) is 2. The monoisotopic (exact) mass is 359 g/mol. The molecule has 1 rings (SSSR count). The summed E-state index contributed by atoms with van der Waals surface area (Å²) in [5.41, 5.74) is 5.35. The van der Waals surface area contributed by atoms with Crippen molar-refractivity contribution >= 4 is 23.8 Å². The molecule has 0 radical (unpaired) electrons. The van der Waals surface area contributed by atoms with Crippen molar-refractivity contribution in [3.8, 4) is 0 Å². The Kier molecular flexibility index (Phi) is 7.78. The zero-order valence-electron chi connectivity index (χ0n) is 14.2. The molecule has 1 heterocycles. The van der Waals surface area contributed by atoms with Gasteiger partial charge in [-0.2, -0.15) is 0 Å². The molecule has 142 valence electrons. The number of amides is 2. The van der Waals surface area contributed by atoms with E-state index in [-0.39, 0.29) is 18.8 Å². The third kappa shape index (κ3) is 6.67. The number of epoxide rings is 1. The second-order valence-corrected chi connectivity index (χ2v) is 6.34. The Labute approximate surface area is 145 Å². The van der Waals surface area contributed by atoms with E-state index in [2.05, 4.69) is 10.6 Å². The molecule has 25 heavy (non-hydrogen) atoms. The van der Waals surface area contributed by atoms with Crippen LogP contribution in [-0.4, -0.2) is 64.8 Å². The third-order valence-electron chi connectivity index (χ3n) is 3.64. The molecule has 0 aromatic carbocycles. The molecule has 0 unspecified atom stereocenters. The predicted molar refractivity (Wildman–Crippen MR) is 85.5 cm³/mol. The van der Waals surface area contributed by atoms with E-state index in [1.54, 1.807) is 0 Å². The van der Waals surface area contributed by atoms with E-state index in [0.29, 0.717) is 13.0 Å². The average Bonchev–Trinajstić information content (AvgIpc) is 3.30. The first-order chi connectivity index (χ1) is 11.7. The van der Waals surface area contributed by atoms with Crippen LogP contribution in [0.2, 0.25) is 0 Å². The van der Waals surface area contributed by atoms with Crippen LogP contribution in [0.25, 0.3) is 0 Å². The number of ether oxygens (including phenoxy) is 1. The summed E-state index contributed by atoms with van der Waals surface area (Å²) in [4.78, 5) is 46.3. The first-order valence-electron chi connectivity index (χ1n) is 8.09. The summed E-state index contributed by atoms with van der Waals surface area (Å²) in [6, 6.07) is -2.09. The summed E-state index contributed by atoms with van der Waals surface area (Å²) < 4.78 is 4.75. The highest BCUT2D eigenvalue weighted by molar-refractivity contribution is 5.95. The minimum atomic E-state index is -1.25. The van der Waals surface area contributed by atoms with E-state index in [4.69, 9.17) is 20.7 Å². The maximum Gasteiger partial charge on any atom is 0.336 e. The highest BCUT2D eigenvalue weighted by Gasteiger charge is 2.51. The Morgan fingerprint density at radius 1 is 1.08 bits per heavy atom. The largest absolute Gasteiger partial charge is 0.480 e. The van der Waals surface area contributed by atoms with E-state index in [1.165, 1.54) is 0 Å². The maximum atomic E-state index is 12.4. The molecule has 1 saturated heterocycles. The smallest absolute Gasteiger partial charge is 0.336 e. The predicted octanol–water partition coefficient (Wildman–Crippen LogP) is -1.32. The van der Waals surface area contributed by atoms with Crippen LogP contribution >= 0.6 is 0 Å². The zero-order valence-corrected chi connectivity index (χ0v) is 14.2. The molecule has 2 amide bonds. The van der Waals surface area contributed by atoms with Crippen molar-refractivity contribution in [3.63, 3.8) is 0 Å². The second-order valence-electron chi connectivity index (χ2n) is 6.34. The molecule has 1 fully saturated rings. The molecule has 0 aromatic rings. The van der Waals surface area contributed by atoms with E-state index in [0.717, 1.165) is 0 Å². The van der Waals surface area contributed by atoms with E-state index >= 15 is 0 Å². The molecular weight excluding hydrogens is 334 g/mol. The summed E-state index contributed by atoms with van der Waals surface area (Å²) in [6.45, 7) is 3.97. The molecule has 6 N–H and O–H groups in total. The van der Waals surface area contributed by atoms with Crippen LogP contribution in [-0.2, 0) is 23.9 Å². The Bertz CT molecular complexity index is 523. The van der Waals surface area contributed by atoms with Crippen molar-refractivity contribution in [2.45, 2.75) is 57.4 Å². The fourth-order valence-electron chi connectivity index (χ4n) is 2.31. The van der Waals surface area contributed by atoms with Crippen LogP contribution in [0.15, 0.2) is 0 Å². The van der Waals surface area contributed by atoms with Crippen molar-refractivity contribution < 1.29 is 34.1 Å². The molecule has 1 aliphatic heterocycles. The molecule has 0 spiro atoms. The first kappa shape index (κ1) is 20.8. The molecule has 0 aromatic heterocycles.